The number of rotatable bonds is 3. The number of benzene rings is 2. The van der Waals surface area contributed by atoms with E-state index < -0.39 is 4.92 Å². The van der Waals surface area contributed by atoms with Gasteiger partial charge in [-0.2, -0.15) is 0 Å². The zero-order valence-corrected chi connectivity index (χ0v) is 11.3. The standard InChI is InChI=1S/C16H12N2O3/c1-11-4-2-5-12(10-11)21-16-14-6-3-7-15(18(19)20)13(14)8-9-17-16/h2-10H,1H3. The van der Waals surface area contributed by atoms with Crippen LogP contribution in [-0.4, -0.2) is 9.91 Å². The van der Waals surface area contributed by atoms with Gasteiger partial charge in [0.05, 0.1) is 15.7 Å². The Morgan fingerprint density at radius 3 is 2.67 bits per heavy atom. The lowest BCUT2D eigenvalue weighted by Crippen LogP contribution is -1.93. The van der Waals surface area contributed by atoms with Gasteiger partial charge in [0, 0.05) is 12.3 Å². The molecule has 104 valence electrons. The molecular weight excluding hydrogens is 268 g/mol. The van der Waals surface area contributed by atoms with Crippen LogP contribution in [0.3, 0.4) is 0 Å². The molecule has 0 fully saturated rings. The van der Waals surface area contributed by atoms with Gasteiger partial charge in [-0.05, 0) is 36.8 Å². The van der Waals surface area contributed by atoms with Crippen molar-refractivity contribution < 1.29 is 9.66 Å². The van der Waals surface area contributed by atoms with E-state index in [1.165, 1.54) is 12.3 Å². The van der Waals surface area contributed by atoms with Crippen LogP contribution in [0.25, 0.3) is 10.8 Å². The monoisotopic (exact) mass is 280 g/mol. The topological polar surface area (TPSA) is 65.3 Å². The number of non-ortho nitro benzene ring substituents is 1. The van der Waals surface area contributed by atoms with Crippen molar-refractivity contribution in [3.05, 3.63) is 70.4 Å². The first-order chi connectivity index (χ1) is 10.1. The van der Waals surface area contributed by atoms with Gasteiger partial charge < -0.3 is 4.74 Å². The fourth-order valence-corrected chi connectivity index (χ4v) is 2.19. The van der Waals surface area contributed by atoms with Gasteiger partial charge in [-0.25, -0.2) is 4.98 Å². The Balaban J connectivity index is 2.11. The smallest absolute Gasteiger partial charge is 0.277 e. The van der Waals surface area contributed by atoms with Crippen LogP contribution in [0, 0.1) is 17.0 Å². The van der Waals surface area contributed by atoms with Crippen LogP contribution < -0.4 is 4.74 Å². The third-order valence-electron chi connectivity index (χ3n) is 3.15. The number of fused-ring (bicyclic) bond motifs is 1. The maximum absolute atomic E-state index is 11.1. The van der Waals surface area contributed by atoms with Gasteiger partial charge in [0.15, 0.2) is 0 Å². The van der Waals surface area contributed by atoms with Crippen molar-refractivity contribution in [2.24, 2.45) is 0 Å². The zero-order valence-electron chi connectivity index (χ0n) is 11.3. The molecule has 0 aliphatic carbocycles. The molecule has 0 N–H and O–H groups in total. The average Bonchev–Trinajstić information content (AvgIpc) is 2.47. The van der Waals surface area contributed by atoms with E-state index in [1.54, 1.807) is 18.2 Å². The molecule has 1 heterocycles. The molecule has 3 rings (SSSR count). The molecule has 5 heteroatoms. The highest BCUT2D eigenvalue weighted by atomic mass is 16.6. The minimum atomic E-state index is -0.404. The number of pyridine rings is 1. The summed E-state index contributed by atoms with van der Waals surface area (Å²) in [5, 5.41) is 12.2. The third-order valence-corrected chi connectivity index (χ3v) is 3.15. The normalized spacial score (nSPS) is 10.5. The average molecular weight is 280 g/mol. The Morgan fingerprint density at radius 1 is 1.10 bits per heavy atom. The van der Waals surface area contributed by atoms with E-state index in [9.17, 15) is 10.1 Å². The van der Waals surface area contributed by atoms with E-state index in [4.69, 9.17) is 4.74 Å². The molecule has 0 radical (unpaired) electrons. The van der Waals surface area contributed by atoms with Gasteiger partial charge in [-0.1, -0.05) is 18.2 Å². The van der Waals surface area contributed by atoms with Crippen LogP contribution in [0.5, 0.6) is 11.6 Å². The summed E-state index contributed by atoms with van der Waals surface area (Å²) < 4.78 is 5.77. The minimum Gasteiger partial charge on any atom is -0.438 e. The van der Waals surface area contributed by atoms with Crippen LogP contribution in [0.15, 0.2) is 54.7 Å². The second-order valence-corrected chi connectivity index (χ2v) is 4.66. The number of nitro groups is 1. The first kappa shape index (κ1) is 13.1. The highest BCUT2D eigenvalue weighted by molar-refractivity contribution is 5.94. The molecule has 5 nitrogen and oxygen atoms in total. The van der Waals surface area contributed by atoms with E-state index >= 15 is 0 Å². The van der Waals surface area contributed by atoms with Crippen molar-refractivity contribution in [1.82, 2.24) is 4.98 Å². The second-order valence-electron chi connectivity index (χ2n) is 4.66. The van der Waals surface area contributed by atoms with Crippen molar-refractivity contribution in [2.45, 2.75) is 6.92 Å². The van der Waals surface area contributed by atoms with Gasteiger partial charge in [0.25, 0.3) is 5.69 Å². The number of aromatic nitrogens is 1. The lowest BCUT2D eigenvalue weighted by Gasteiger charge is -2.08. The molecule has 0 amide bonds. The van der Waals surface area contributed by atoms with Gasteiger partial charge in [-0.3, -0.25) is 10.1 Å². The van der Waals surface area contributed by atoms with Gasteiger partial charge in [0.2, 0.25) is 5.88 Å². The lowest BCUT2D eigenvalue weighted by molar-refractivity contribution is -0.383. The van der Waals surface area contributed by atoms with Crippen LogP contribution >= 0.6 is 0 Å². The number of aryl methyl sites for hydroxylation is 1. The Bertz CT molecular complexity index is 831. The van der Waals surface area contributed by atoms with Crippen LogP contribution in [0.1, 0.15) is 5.56 Å². The molecule has 0 unspecified atom stereocenters. The summed E-state index contributed by atoms with van der Waals surface area (Å²) in [6.07, 6.45) is 1.51. The number of ether oxygens (including phenoxy) is 1. The Hall–Kier alpha value is -2.95. The number of nitro benzene ring substituents is 1. The van der Waals surface area contributed by atoms with Crippen LogP contribution in [-0.2, 0) is 0 Å². The maximum atomic E-state index is 11.1. The van der Waals surface area contributed by atoms with Crippen molar-refractivity contribution >= 4 is 16.5 Å². The maximum Gasteiger partial charge on any atom is 0.277 e. The molecule has 0 saturated carbocycles. The third kappa shape index (κ3) is 2.53. The lowest BCUT2D eigenvalue weighted by atomic mass is 10.1. The Morgan fingerprint density at radius 2 is 1.90 bits per heavy atom. The van der Waals surface area contributed by atoms with Gasteiger partial charge >= 0.3 is 0 Å². The predicted octanol–water partition coefficient (Wildman–Crippen LogP) is 4.24. The molecule has 0 spiro atoms. The first-order valence-corrected chi connectivity index (χ1v) is 6.42. The van der Waals surface area contributed by atoms with Gasteiger partial charge in [0.1, 0.15) is 5.75 Å². The molecule has 0 aliphatic heterocycles. The molecule has 0 atom stereocenters. The zero-order chi connectivity index (χ0) is 14.8. The second kappa shape index (κ2) is 5.20. The fraction of sp³-hybridized carbons (Fsp3) is 0.0625. The highest BCUT2D eigenvalue weighted by Crippen LogP contribution is 2.32. The number of hydrogen-bond donors (Lipinski definition) is 0. The Labute approximate surface area is 121 Å². The summed E-state index contributed by atoms with van der Waals surface area (Å²) in [5.41, 5.74) is 1.11. The van der Waals surface area contributed by atoms with Crippen molar-refractivity contribution in [2.75, 3.05) is 0 Å². The molecule has 21 heavy (non-hydrogen) atoms. The summed E-state index contributed by atoms with van der Waals surface area (Å²) in [4.78, 5) is 14.9. The molecule has 3 aromatic rings. The molecule has 2 aromatic carbocycles. The first-order valence-electron chi connectivity index (χ1n) is 6.42. The van der Waals surface area contributed by atoms with Crippen LogP contribution in [0.4, 0.5) is 5.69 Å². The molecule has 1 aromatic heterocycles. The molecule has 0 aliphatic rings. The van der Waals surface area contributed by atoms with E-state index in [-0.39, 0.29) is 5.69 Å². The van der Waals surface area contributed by atoms with E-state index in [1.807, 2.05) is 31.2 Å². The molecule has 0 saturated heterocycles. The fourth-order valence-electron chi connectivity index (χ4n) is 2.19. The summed E-state index contributed by atoms with van der Waals surface area (Å²) in [6.45, 7) is 1.97. The summed E-state index contributed by atoms with van der Waals surface area (Å²) in [6, 6.07) is 14.1. The van der Waals surface area contributed by atoms with E-state index in [0.29, 0.717) is 22.4 Å². The Kier molecular flexibility index (Phi) is 3.23. The van der Waals surface area contributed by atoms with Crippen molar-refractivity contribution in [3.63, 3.8) is 0 Å². The quantitative estimate of drug-likeness (QED) is 0.531. The van der Waals surface area contributed by atoms with E-state index in [2.05, 4.69) is 4.98 Å². The largest absolute Gasteiger partial charge is 0.438 e. The summed E-state index contributed by atoms with van der Waals surface area (Å²) >= 11 is 0. The SMILES string of the molecule is Cc1cccc(Oc2nccc3c([N+](=O)[O-])cccc23)c1. The van der Waals surface area contributed by atoms with Gasteiger partial charge in [-0.15, -0.1) is 0 Å². The summed E-state index contributed by atoms with van der Waals surface area (Å²) in [5.74, 6) is 1.02. The van der Waals surface area contributed by atoms with E-state index in [0.717, 1.165) is 5.56 Å². The predicted molar refractivity (Wildman–Crippen MR) is 79.7 cm³/mol. The number of hydrogen-bond acceptors (Lipinski definition) is 4. The molecule has 0 bridgehead atoms. The summed E-state index contributed by atoms with van der Waals surface area (Å²) in [7, 11) is 0. The van der Waals surface area contributed by atoms with Crippen molar-refractivity contribution in [1.29, 1.82) is 0 Å². The number of nitrogens with zero attached hydrogens (tertiary/aromatic N) is 2. The minimum absolute atomic E-state index is 0.0454. The highest BCUT2D eigenvalue weighted by Gasteiger charge is 2.14. The van der Waals surface area contributed by atoms with Crippen molar-refractivity contribution in [3.8, 4) is 11.6 Å². The van der Waals surface area contributed by atoms with Crippen LogP contribution in [0.2, 0.25) is 0 Å². The molecular formula is C16H12N2O3.